The van der Waals surface area contributed by atoms with Crippen molar-refractivity contribution in [2.75, 3.05) is 6.54 Å². The van der Waals surface area contributed by atoms with Crippen molar-refractivity contribution in [3.8, 4) is 11.5 Å². The molecule has 7 heteroatoms. The Morgan fingerprint density at radius 2 is 1.48 bits per heavy atom. The van der Waals surface area contributed by atoms with Crippen LogP contribution in [-0.4, -0.2) is 45.7 Å². The molecule has 1 fully saturated rings. The Bertz CT molecular complexity index is 1100. The molecule has 3 aromatic rings. The third-order valence-corrected chi connectivity index (χ3v) is 5.57. The quantitative estimate of drug-likeness (QED) is 0.424. The first-order valence-corrected chi connectivity index (χ1v) is 10.7. The number of amides is 1. The van der Waals surface area contributed by atoms with E-state index in [2.05, 4.69) is 0 Å². The molecule has 2 N–H and O–H groups in total. The van der Waals surface area contributed by atoms with Gasteiger partial charge in [-0.2, -0.15) is 0 Å². The fourth-order valence-corrected chi connectivity index (χ4v) is 3.80. The molecule has 1 saturated heterocycles. The molecule has 1 amide bonds. The molecular weight excluding hydrogens is 422 g/mol. The highest BCUT2D eigenvalue weighted by atomic mass is 16.5. The Hall–Kier alpha value is -3.84. The number of phenols is 2. The first-order valence-electron chi connectivity index (χ1n) is 10.7. The van der Waals surface area contributed by atoms with Crippen molar-refractivity contribution >= 4 is 11.9 Å². The molecule has 170 valence electrons. The van der Waals surface area contributed by atoms with Crippen LogP contribution in [0.3, 0.4) is 0 Å². The summed E-state index contributed by atoms with van der Waals surface area (Å²) in [7, 11) is 0. The lowest BCUT2D eigenvalue weighted by atomic mass is 10.1. The summed E-state index contributed by atoms with van der Waals surface area (Å²) in [5, 5.41) is 19.4. The number of hydrogen-bond acceptors (Lipinski definition) is 6. The number of nitrogens with zero attached hydrogens (tertiary/aromatic N) is 1. The van der Waals surface area contributed by atoms with Crippen LogP contribution in [0.2, 0.25) is 0 Å². The van der Waals surface area contributed by atoms with Gasteiger partial charge < -0.3 is 24.6 Å². The first-order chi connectivity index (χ1) is 16.0. The monoisotopic (exact) mass is 447 g/mol. The zero-order valence-corrected chi connectivity index (χ0v) is 18.0. The number of carbonyl (C=O) groups excluding carboxylic acids is 2. The van der Waals surface area contributed by atoms with Crippen molar-refractivity contribution in [2.24, 2.45) is 0 Å². The molecule has 1 aliphatic rings. The standard InChI is InChI=1S/C26H25NO6/c28-23-12-11-20(13-24(23)29)25(30)27-15-21(32-16-18-7-3-1-4-8-18)14-22(27)26(31)33-17-19-9-5-2-6-10-19/h1-13,21-22,28-29H,14-17H2/t21-,22+/m1/s1. The van der Waals surface area contributed by atoms with E-state index in [1.54, 1.807) is 0 Å². The van der Waals surface area contributed by atoms with Gasteiger partial charge in [-0.05, 0) is 29.3 Å². The number of carbonyl (C=O) groups is 2. The highest BCUT2D eigenvalue weighted by Crippen LogP contribution is 2.29. The number of rotatable bonds is 7. The molecule has 2 atom stereocenters. The van der Waals surface area contributed by atoms with Gasteiger partial charge in [0, 0.05) is 18.5 Å². The number of hydrogen-bond donors (Lipinski definition) is 2. The second kappa shape index (κ2) is 10.2. The van der Waals surface area contributed by atoms with Crippen LogP contribution in [0.4, 0.5) is 0 Å². The van der Waals surface area contributed by atoms with Crippen LogP contribution in [0.25, 0.3) is 0 Å². The number of phenolic OH excluding ortho intramolecular Hbond substituents is 2. The van der Waals surface area contributed by atoms with Gasteiger partial charge in [-0.15, -0.1) is 0 Å². The maximum Gasteiger partial charge on any atom is 0.329 e. The van der Waals surface area contributed by atoms with E-state index in [0.717, 1.165) is 11.1 Å². The van der Waals surface area contributed by atoms with Crippen molar-refractivity contribution in [3.63, 3.8) is 0 Å². The zero-order valence-electron chi connectivity index (χ0n) is 18.0. The Labute approximate surface area is 191 Å². The van der Waals surface area contributed by atoms with E-state index in [9.17, 15) is 19.8 Å². The summed E-state index contributed by atoms with van der Waals surface area (Å²) in [5.41, 5.74) is 2.01. The predicted molar refractivity (Wildman–Crippen MR) is 120 cm³/mol. The van der Waals surface area contributed by atoms with Gasteiger partial charge in [0.1, 0.15) is 12.6 Å². The number of esters is 1. The van der Waals surface area contributed by atoms with Gasteiger partial charge in [-0.1, -0.05) is 60.7 Å². The molecule has 0 bridgehead atoms. The molecule has 7 nitrogen and oxygen atoms in total. The Balaban J connectivity index is 1.48. The summed E-state index contributed by atoms with van der Waals surface area (Å²) in [4.78, 5) is 27.5. The lowest BCUT2D eigenvalue weighted by Crippen LogP contribution is -2.41. The van der Waals surface area contributed by atoms with Crippen LogP contribution in [0, 0.1) is 0 Å². The van der Waals surface area contributed by atoms with Gasteiger partial charge in [-0.25, -0.2) is 4.79 Å². The van der Waals surface area contributed by atoms with E-state index in [4.69, 9.17) is 9.47 Å². The van der Waals surface area contributed by atoms with Crippen molar-refractivity contribution < 1.29 is 29.3 Å². The molecule has 1 aliphatic heterocycles. The van der Waals surface area contributed by atoms with Crippen molar-refractivity contribution in [1.29, 1.82) is 0 Å². The average molecular weight is 447 g/mol. The highest BCUT2D eigenvalue weighted by Gasteiger charge is 2.41. The van der Waals surface area contributed by atoms with Gasteiger partial charge in [0.15, 0.2) is 11.5 Å². The lowest BCUT2D eigenvalue weighted by Gasteiger charge is -2.23. The Morgan fingerprint density at radius 3 is 2.12 bits per heavy atom. The van der Waals surface area contributed by atoms with Crippen molar-refractivity contribution in [2.45, 2.75) is 31.8 Å². The topological polar surface area (TPSA) is 96.3 Å². The average Bonchev–Trinajstić information content (AvgIpc) is 3.28. The van der Waals surface area contributed by atoms with Gasteiger partial charge >= 0.3 is 5.97 Å². The molecular formula is C26H25NO6. The summed E-state index contributed by atoms with van der Waals surface area (Å²) in [6, 6.07) is 22.0. The maximum absolute atomic E-state index is 13.2. The largest absolute Gasteiger partial charge is 0.504 e. The minimum atomic E-state index is -0.821. The highest BCUT2D eigenvalue weighted by molar-refractivity contribution is 5.97. The molecule has 0 spiro atoms. The van der Waals surface area contributed by atoms with Crippen LogP contribution in [0.15, 0.2) is 78.9 Å². The van der Waals surface area contributed by atoms with Crippen LogP contribution in [-0.2, 0) is 27.5 Å². The summed E-state index contributed by atoms with van der Waals surface area (Å²) < 4.78 is 11.5. The second-order valence-electron chi connectivity index (χ2n) is 7.92. The van der Waals surface area contributed by atoms with Gasteiger partial charge in [0.25, 0.3) is 5.91 Å². The Kier molecular flexibility index (Phi) is 6.90. The molecule has 0 saturated carbocycles. The number of ether oxygens (including phenoxy) is 2. The molecule has 33 heavy (non-hydrogen) atoms. The minimum absolute atomic E-state index is 0.105. The molecule has 0 unspecified atom stereocenters. The number of benzene rings is 3. The van der Waals surface area contributed by atoms with Gasteiger partial charge in [-0.3, -0.25) is 4.79 Å². The molecule has 3 aromatic carbocycles. The second-order valence-corrected chi connectivity index (χ2v) is 7.92. The third-order valence-electron chi connectivity index (χ3n) is 5.57. The zero-order chi connectivity index (χ0) is 23.2. The number of likely N-dealkylation sites (tertiary alicyclic amines) is 1. The van der Waals surface area contributed by atoms with E-state index in [-0.39, 0.29) is 30.6 Å². The number of aromatic hydroxyl groups is 2. The summed E-state index contributed by atoms with van der Waals surface area (Å²) in [6.45, 7) is 0.672. The van der Waals surface area contributed by atoms with E-state index < -0.39 is 23.7 Å². The minimum Gasteiger partial charge on any atom is -0.504 e. The molecule has 0 radical (unpaired) electrons. The van der Waals surface area contributed by atoms with Crippen LogP contribution >= 0.6 is 0 Å². The maximum atomic E-state index is 13.2. The van der Waals surface area contributed by atoms with E-state index in [0.29, 0.717) is 13.0 Å². The molecule has 1 heterocycles. The van der Waals surface area contributed by atoms with Crippen LogP contribution < -0.4 is 0 Å². The van der Waals surface area contributed by atoms with Crippen molar-refractivity contribution in [3.05, 3.63) is 95.6 Å². The SMILES string of the molecule is O=C(OCc1ccccc1)[C@@H]1C[C@@H](OCc2ccccc2)CN1C(=O)c1ccc(O)c(O)c1. The van der Waals surface area contributed by atoms with E-state index >= 15 is 0 Å². The van der Waals surface area contributed by atoms with E-state index in [1.165, 1.54) is 23.1 Å². The van der Waals surface area contributed by atoms with E-state index in [1.807, 2.05) is 60.7 Å². The molecule has 0 aliphatic carbocycles. The molecule has 4 rings (SSSR count). The smallest absolute Gasteiger partial charge is 0.329 e. The fraction of sp³-hybridized carbons (Fsp3) is 0.231. The predicted octanol–water partition coefficient (Wildman–Crippen LogP) is 3.64. The summed E-state index contributed by atoms with van der Waals surface area (Å²) >= 11 is 0. The fourth-order valence-electron chi connectivity index (χ4n) is 3.80. The summed E-state index contributed by atoms with van der Waals surface area (Å²) in [5.74, 6) is -1.69. The first kappa shape index (κ1) is 22.4. The summed E-state index contributed by atoms with van der Waals surface area (Å²) in [6.07, 6.45) is -0.0508. The normalized spacial score (nSPS) is 17.6. The van der Waals surface area contributed by atoms with Crippen molar-refractivity contribution in [1.82, 2.24) is 4.90 Å². The van der Waals surface area contributed by atoms with Gasteiger partial charge in [0.05, 0.1) is 12.7 Å². The lowest BCUT2D eigenvalue weighted by molar-refractivity contribution is -0.149. The third kappa shape index (κ3) is 5.51. The Morgan fingerprint density at radius 1 is 0.848 bits per heavy atom. The molecule has 0 aromatic heterocycles. The van der Waals surface area contributed by atoms with Crippen LogP contribution in [0.1, 0.15) is 27.9 Å². The van der Waals surface area contributed by atoms with Gasteiger partial charge in [0.2, 0.25) is 0 Å². The van der Waals surface area contributed by atoms with Crippen LogP contribution in [0.5, 0.6) is 11.5 Å².